The van der Waals surface area contributed by atoms with E-state index in [9.17, 15) is 14.0 Å². The number of carbonyl (C=O) groups excluding carboxylic acids is 2. The molecule has 1 aliphatic heterocycles. The summed E-state index contributed by atoms with van der Waals surface area (Å²) in [6.07, 6.45) is -0.647. The molecule has 1 saturated heterocycles. The van der Waals surface area contributed by atoms with Crippen LogP contribution in [0.4, 0.5) is 4.39 Å². The first-order valence-electron chi connectivity index (χ1n) is 8.24. The standard InChI is InChI=1S/C18H20FN3O4/c1-10(12-5-3-4-6-13(12)19)26-15-7-14(22-16(15)18(24)20-2)17(23)21-11-8-25-9-11/h3-7,10-11,22H,8-9H2,1-2H3,(H,20,24)(H,21,23)/t10-/m1/s1. The molecule has 8 heteroatoms. The summed E-state index contributed by atoms with van der Waals surface area (Å²) in [6, 6.07) is 7.63. The maximum absolute atomic E-state index is 13.9. The Morgan fingerprint density at radius 1 is 1.31 bits per heavy atom. The van der Waals surface area contributed by atoms with Crippen LogP contribution in [0.2, 0.25) is 0 Å². The highest BCUT2D eigenvalue weighted by Gasteiger charge is 2.25. The first kappa shape index (κ1) is 17.9. The zero-order valence-electron chi connectivity index (χ0n) is 14.5. The summed E-state index contributed by atoms with van der Waals surface area (Å²) >= 11 is 0. The van der Waals surface area contributed by atoms with Gasteiger partial charge in [0.1, 0.15) is 23.3 Å². The van der Waals surface area contributed by atoms with Crippen molar-refractivity contribution >= 4 is 11.8 Å². The van der Waals surface area contributed by atoms with E-state index in [1.54, 1.807) is 25.1 Å². The predicted molar refractivity (Wildman–Crippen MR) is 91.7 cm³/mol. The molecule has 0 aliphatic carbocycles. The van der Waals surface area contributed by atoms with Gasteiger partial charge in [-0.05, 0) is 13.0 Å². The second kappa shape index (κ2) is 7.57. The Hall–Kier alpha value is -2.87. The monoisotopic (exact) mass is 361 g/mol. The molecule has 1 aromatic heterocycles. The molecule has 0 unspecified atom stereocenters. The number of hydrogen-bond acceptors (Lipinski definition) is 4. The van der Waals surface area contributed by atoms with Gasteiger partial charge >= 0.3 is 0 Å². The van der Waals surface area contributed by atoms with Crippen LogP contribution in [-0.2, 0) is 4.74 Å². The fraction of sp³-hybridized carbons (Fsp3) is 0.333. The van der Waals surface area contributed by atoms with E-state index < -0.39 is 17.8 Å². The molecule has 2 heterocycles. The molecule has 7 nitrogen and oxygen atoms in total. The maximum atomic E-state index is 13.9. The zero-order chi connectivity index (χ0) is 18.7. The summed E-state index contributed by atoms with van der Waals surface area (Å²) in [6.45, 7) is 2.59. The Morgan fingerprint density at radius 2 is 2.04 bits per heavy atom. The highest BCUT2D eigenvalue weighted by Crippen LogP contribution is 2.28. The van der Waals surface area contributed by atoms with Crippen molar-refractivity contribution in [1.29, 1.82) is 0 Å². The lowest BCUT2D eigenvalue weighted by Gasteiger charge is -2.26. The van der Waals surface area contributed by atoms with E-state index in [1.807, 2.05) is 0 Å². The van der Waals surface area contributed by atoms with Crippen molar-refractivity contribution in [3.05, 3.63) is 53.1 Å². The van der Waals surface area contributed by atoms with Crippen LogP contribution in [0.5, 0.6) is 5.75 Å². The average Bonchev–Trinajstić information content (AvgIpc) is 3.01. The lowest BCUT2D eigenvalue weighted by Crippen LogP contribution is -2.48. The SMILES string of the molecule is CNC(=O)c1[nH]c(C(=O)NC2COC2)cc1O[C@H](C)c1ccccc1F. The third-order valence-electron chi connectivity index (χ3n) is 4.10. The largest absolute Gasteiger partial charge is 0.483 e. The van der Waals surface area contributed by atoms with Crippen LogP contribution < -0.4 is 15.4 Å². The highest BCUT2D eigenvalue weighted by atomic mass is 19.1. The Kier molecular flexibility index (Phi) is 5.22. The maximum Gasteiger partial charge on any atom is 0.271 e. The van der Waals surface area contributed by atoms with E-state index in [0.717, 1.165) is 0 Å². The molecule has 0 spiro atoms. The van der Waals surface area contributed by atoms with Crippen LogP contribution in [-0.4, -0.2) is 43.1 Å². The third kappa shape index (κ3) is 3.70. The molecule has 0 radical (unpaired) electrons. The van der Waals surface area contributed by atoms with Gasteiger partial charge in [-0.15, -0.1) is 0 Å². The van der Waals surface area contributed by atoms with E-state index >= 15 is 0 Å². The molecular weight excluding hydrogens is 341 g/mol. The molecule has 1 atom stereocenters. The number of halogens is 1. The van der Waals surface area contributed by atoms with Crippen molar-refractivity contribution in [2.45, 2.75) is 19.1 Å². The number of carbonyl (C=O) groups is 2. The topological polar surface area (TPSA) is 92.5 Å². The van der Waals surface area contributed by atoms with Gasteiger partial charge in [-0.3, -0.25) is 9.59 Å². The Morgan fingerprint density at radius 3 is 2.65 bits per heavy atom. The quantitative estimate of drug-likeness (QED) is 0.731. The molecule has 1 fully saturated rings. The minimum Gasteiger partial charge on any atom is -0.483 e. The van der Waals surface area contributed by atoms with Crippen molar-refractivity contribution < 1.29 is 23.5 Å². The lowest BCUT2D eigenvalue weighted by molar-refractivity contribution is -0.00354. The lowest BCUT2D eigenvalue weighted by atomic mass is 10.1. The first-order valence-corrected chi connectivity index (χ1v) is 8.24. The Labute approximate surface area is 149 Å². The third-order valence-corrected chi connectivity index (χ3v) is 4.10. The second-order valence-electron chi connectivity index (χ2n) is 5.99. The first-order chi connectivity index (χ1) is 12.5. The number of H-pyrrole nitrogens is 1. The highest BCUT2D eigenvalue weighted by molar-refractivity contribution is 5.99. The van der Waals surface area contributed by atoms with Crippen LogP contribution in [0.15, 0.2) is 30.3 Å². The van der Waals surface area contributed by atoms with Gasteiger partial charge in [-0.2, -0.15) is 0 Å². The molecule has 1 aromatic carbocycles. The van der Waals surface area contributed by atoms with Crippen LogP contribution in [0.3, 0.4) is 0 Å². The molecule has 2 aromatic rings. The summed E-state index contributed by atoms with van der Waals surface area (Å²) in [7, 11) is 1.47. The van der Waals surface area contributed by atoms with Crippen molar-refractivity contribution in [2.24, 2.45) is 0 Å². The van der Waals surface area contributed by atoms with Gasteiger partial charge < -0.3 is 25.1 Å². The zero-order valence-corrected chi connectivity index (χ0v) is 14.5. The molecule has 138 valence electrons. The number of nitrogens with one attached hydrogen (secondary N) is 3. The van der Waals surface area contributed by atoms with Crippen LogP contribution >= 0.6 is 0 Å². The van der Waals surface area contributed by atoms with Crippen molar-refractivity contribution in [3.63, 3.8) is 0 Å². The van der Waals surface area contributed by atoms with Crippen LogP contribution in [0, 0.1) is 5.82 Å². The average molecular weight is 361 g/mol. The van der Waals surface area contributed by atoms with Crippen molar-refractivity contribution in [2.75, 3.05) is 20.3 Å². The summed E-state index contributed by atoms with van der Waals surface area (Å²) < 4.78 is 24.7. The Bertz CT molecular complexity index is 817. The van der Waals surface area contributed by atoms with Gasteiger partial charge in [-0.25, -0.2) is 4.39 Å². The number of aromatic nitrogens is 1. The number of hydrogen-bond donors (Lipinski definition) is 3. The molecule has 3 rings (SSSR count). The molecule has 26 heavy (non-hydrogen) atoms. The van der Waals surface area contributed by atoms with Gasteiger partial charge in [0.25, 0.3) is 11.8 Å². The number of ether oxygens (including phenoxy) is 2. The van der Waals surface area contributed by atoms with Crippen LogP contribution in [0.25, 0.3) is 0 Å². The Balaban J connectivity index is 1.83. The number of amides is 2. The van der Waals surface area contributed by atoms with Gasteiger partial charge in [0.15, 0.2) is 5.75 Å². The van der Waals surface area contributed by atoms with E-state index in [0.29, 0.717) is 18.8 Å². The molecule has 0 saturated carbocycles. The van der Waals surface area contributed by atoms with Crippen molar-refractivity contribution in [3.8, 4) is 5.75 Å². The van der Waals surface area contributed by atoms with Gasteiger partial charge in [0.2, 0.25) is 0 Å². The molecule has 0 bridgehead atoms. The van der Waals surface area contributed by atoms with E-state index in [4.69, 9.17) is 9.47 Å². The fourth-order valence-corrected chi connectivity index (χ4v) is 2.59. The van der Waals surface area contributed by atoms with E-state index in [1.165, 1.54) is 19.2 Å². The van der Waals surface area contributed by atoms with Crippen LogP contribution in [0.1, 0.15) is 39.6 Å². The predicted octanol–water partition coefficient (Wildman–Crippen LogP) is 1.78. The van der Waals surface area contributed by atoms with Gasteiger partial charge in [0, 0.05) is 18.7 Å². The number of rotatable bonds is 6. The smallest absolute Gasteiger partial charge is 0.271 e. The normalized spacial score (nSPS) is 15.0. The van der Waals surface area contributed by atoms with Crippen molar-refractivity contribution in [1.82, 2.24) is 15.6 Å². The summed E-state index contributed by atoms with van der Waals surface area (Å²) in [5.41, 5.74) is 0.645. The summed E-state index contributed by atoms with van der Waals surface area (Å²) in [4.78, 5) is 27.2. The van der Waals surface area contributed by atoms with Gasteiger partial charge in [0.05, 0.1) is 19.3 Å². The second-order valence-corrected chi connectivity index (χ2v) is 5.99. The van der Waals surface area contributed by atoms with E-state index in [-0.39, 0.29) is 29.1 Å². The summed E-state index contributed by atoms with van der Waals surface area (Å²) in [5.74, 6) is -1.03. The number of benzene rings is 1. The summed E-state index contributed by atoms with van der Waals surface area (Å²) in [5, 5.41) is 5.27. The molecule has 2 amide bonds. The molecular formula is C18H20FN3O4. The fourth-order valence-electron chi connectivity index (χ4n) is 2.59. The molecule has 3 N–H and O–H groups in total. The minimum atomic E-state index is -0.647. The molecule has 1 aliphatic rings. The van der Waals surface area contributed by atoms with Gasteiger partial charge in [-0.1, -0.05) is 18.2 Å². The van der Waals surface area contributed by atoms with E-state index in [2.05, 4.69) is 15.6 Å². The number of aromatic amines is 1. The minimum absolute atomic E-state index is 0.0454.